The fourth-order valence-electron chi connectivity index (χ4n) is 5.61. The van der Waals surface area contributed by atoms with Gasteiger partial charge in [0.25, 0.3) is 0 Å². The van der Waals surface area contributed by atoms with Crippen molar-refractivity contribution < 1.29 is 4.74 Å². The fourth-order valence-corrected chi connectivity index (χ4v) is 6.64. The lowest BCUT2D eigenvalue weighted by Crippen LogP contribution is -2.41. The van der Waals surface area contributed by atoms with E-state index in [1.54, 1.807) is 11.8 Å². The highest BCUT2D eigenvalue weighted by molar-refractivity contribution is 7.99. The summed E-state index contributed by atoms with van der Waals surface area (Å²) in [5, 5.41) is 0. The number of piperidine rings is 1. The lowest BCUT2D eigenvalue weighted by molar-refractivity contribution is 0.230. The van der Waals surface area contributed by atoms with E-state index in [4.69, 9.17) is 9.72 Å². The molecule has 0 unspecified atom stereocenters. The van der Waals surface area contributed by atoms with Crippen LogP contribution in [-0.4, -0.2) is 44.0 Å². The molecular formula is C25H24N6OS. The number of ether oxygens (including phenoxy) is 1. The zero-order chi connectivity index (χ0) is 21.8. The lowest BCUT2D eigenvalue weighted by Gasteiger charge is -2.39. The zero-order valence-corrected chi connectivity index (χ0v) is 19.1. The van der Waals surface area contributed by atoms with Crippen LogP contribution in [0.15, 0.2) is 59.0 Å². The van der Waals surface area contributed by atoms with Gasteiger partial charge in [-0.25, -0.2) is 15.0 Å². The van der Waals surface area contributed by atoms with E-state index in [2.05, 4.69) is 42.5 Å². The Labute approximate surface area is 196 Å². The van der Waals surface area contributed by atoms with Crippen molar-refractivity contribution in [3.63, 3.8) is 0 Å². The molecule has 1 aliphatic carbocycles. The summed E-state index contributed by atoms with van der Waals surface area (Å²) in [7, 11) is 0. The maximum Gasteiger partial charge on any atom is 0.217 e. The number of hydrogen-bond acceptors (Lipinski definition) is 7. The summed E-state index contributed by atoms with van der Waals surface area (Å²) in [5.74, 6) is 1.74. The molecule has 3 aliphatic rings. The smallest absolute Gasteiger partial charge is 0.217 e. The van der Waals surface area contributed by atoms with Crippen molar-refractivity contribution in [2.45, 2.75) is 41.9 Å². The zero-order valence-electron chi connectivity index (χ0n) is 18.3. The Morgan fingerprint density at radius 2 is 1.88 bits per heavy atom. The first kappa shape index (κ1) is 19.3. The molecule has 0 atom stereocenters. The van der Waals surface area contributed by atoms with Crippen LogP contribution in [-0.2, 0) is 19.3 Å². The molecule has 4 aromatic heterocycles. The van der Waals surface area contributed by atoms with E-state index in [0.717, 1.165) is 54.7 Å². The summed E-state index contributed by atoms with van der Waals surface area (Å²) in [4.78, 5) is 23.2. The van der Waals surface area contributed by atoms with Crippen LogP contribution in [0.25, 0.3) is 5.65 Å². The van der Waals surface area contributed by atoms with Crippen LogP contribution in [0.5, 0.6) is 5.88 Å². The van der Waals surface area contributed by atoms with E-state index in [-0.39, 0.29) is 0 Å². The Morgan fingerprint density at radius 1 is 0.939 bits per heavy atom. The van der Waals surface area contributed by atoms with E-state index < -0.39 is 0 Å². The van der Waals surface area contributed by atoms with E-state index in [1.807, 2.05) is 31.0 Å². The van der Waals surface area contributed by atoms with Gasteiger partial charge in [-0.15, -0.1) is 0 Å². The molecule has 0 aromatic carbocycles. The molecule has 0 saturated carbocycles. The number of pyridine rings is 2. The minimum absolute atomic E-state index is 0.362. The molecule has 1 spiro atoms. The molecule has 8 heteroatoms. The van der Waals surface area contributed by atoms with E-state index in [9.17, 15) is 0 Å². The molecule has 4 aromatic rings. The number of nitrogens with zero attached hydrogens (tertiary/aromatic N) is 6. The van der Waals surface area contributed by atoms with Gasteiger partial charge in [-0.1, -0.05) is 17.8 Å². The Morgan fingerprint density at radius 3 is 2.79 bits per heavy atom. The predicted molar refractivity (Wildman–Crippen MR) is 126 cm³/mol. The van der Waals surface area contributed by atoms with Crippen molar-refractivity contribution in [3.8, 4) is 5.88 Å². The number of aromatic nitrogens is 5. The second-order valence-corrected chi connectivity index (χ2v) is 10.4. The van der Waals surface area contributed by atoms with Gasteiger partial charge in [-0.3, -0.25) is 9.38 Å². The van der Waals surface area contributed by atoms with E-state index in [1.165, 1.54) is 34.6 Å². The van der Waals surface area contributed by atoms with Crippen LogP contribution in [0.4, 0.5) is 5.95 Å². The molecule has 0 N–H and O–H groups in total. The standard InChI is InChI=1S/C25H24N6OS/c1-2-17-14-25(15-19(17)26-7-1)5-10-30(11-6-25)24-29-16-21(22-27-9-12-31(22)24)33-20-3-8-28-23-18(20)4-13-32-23/h1-3,7-9,12,16H,4-6,10-11,13-15H2. The molecule has 7 rings (SSSR count). The molecular weight excluding hydrogens is 432 g/mol. The Balaban J connectivity index is 1.14. The third-order valence-corrected chi connectivity index (χ3v) is 8.47. The van der Waals surface area contributed by atoms with Crippen molar-refractivity contribution in [2.75, 3.05) is 24.6 Å². The van der Waals surface area contributed by atoms with Gasteiger partial charge in [-0.05, 0) is 48.8 Å². The average molecular weight is 457 g/mol. The van der Waals surface area contributed by atoms with Crippen LogP contribution >= 0.6 is 11.8 Å². The summed E-state index contributed by atoms with van der Waals surface area (Å²) in [5.41, 5.74) is 5.24. The van der Waals surface area contributed by atoms with Gasteiger partial charge in [0.05, 0.1) is 11.5 Å². The molecule has 33 heavy (non-hydrogen) atoms. The quantitative estimate of drug-likeness (QED) is 0.462. The monoisotopic (exact) mass is 456 g/mol. The number of rotatable bonds is 3. The predicted octanol–water partition coefficient (Wildman–Crippen LogP) is 3.99. The van der Waals surface area contributed by atoms with Crippen molar-refractivity contribution >= 4 is 23.4 Å². The largest absolute Gasteiger partial charge is 0.477 e. The summed E-state index contributed by atoms with van der Waals surface area (Å²) >= 11 is 1.70. The average Bonchev–Trinajstić information content (AvgIpc) is 3.58. The Kier molecular flexibility index (Phi) is 4.37. The normalized spacial score (nSPS) is 18.5. The Bertz CT molecular complexity index is 1330. The van der Waals surface area contributed by atoms with Gasteiger partial charge in [0, 0.05) is 66.6 Å². The van der Waals surface area contributed by atoms with E-state index >= 15 is 0 Å². The van der Waals surface area contributed by atoms with Crippen molar-refractivity contribution in [2.24, 2.45) is 5.41 Å². The third kappa shape index (κ3) is 3.19. The van der Waals surface area contributed by atoms with Crippen LogP contribution in [0, 0.1) is 5.41 Å². The first-order valence-corrected chi connectivity index (χ1v) is 12.4. The highest BCUT2D eigenvalue weighted by Crippen LogP contribution is 2.44. The molecule has 1 fully saturated rings. The van der Waals surface area contributed by atoms with Crippen LogP contribution in [0.3, 0.4) is 0 Å². The second kappa shape index (κ2) is 7.45. The van der Waals surface area contributed by atoms with Crippen molar-refractivity contribution in [3.05, 3.63) is 66.0 Å². The van der Waals surface area contributed by atoms with Gasteiger partial charge in [-0.2, -0.15) is 0 Å². The minimum Gasteiger partial charge on any atom is -0.477 e. The lowest BCUT2D eigenvalue weighted by atomic mass is 9.76. The van der Waals surface area contributed by atoms with Crippen molar-refractivity contribution in [1.82, 2.24) is 24.3 Å². The maximum atomic E-state index is 5.64. The highest BCUT2D eigenvalue weighted by atomic mass is 32.2. The SMILES string of the molecule is c1cnc2c(c1)CC1(CCN(c3ncc(Sc4ccnc5c4CCO5)c4nccn34)CC1)C2. The first-order chi connectivity index (χ1) is 16.3. The third-order valence-electron chi connectivity index (χ3n) is 7.36. The minimum atomic E-state index is 0.362. The molecule has 0 bridgehead atoms. The second-order valence-electron chi connectivity index (χ2n) is 9.29. The fraction of sp³-hybridized carbons (Fsp3) is 0.360. The number of hydrogen-bond donors (Lipinski definition) is 0. The summed E-state index contributed by atoms with van der Waals surface area (Å²) in [6.45, 7) is 2.72. The van der Waals surface area contributed by atoms with Crippen LogP contribution in [0.1, 0.15) is 29.7 Å². The van der Waals surface area contributed by atoms with Gasteiger partial charge in [0.2, 0.25) is 11.8 Å². The van der Waals surface area contributed by atoms with Gasteiger partial charge in [0.1, 0.15) is 0 Å². The van der Waals surface area contributed by atoms with Gasteiger partial charge < -0.3 is 9.64 Å². The van der Waals surface area contributed by atoms with Crippen LogP contribution < -0.4 is 9.64 Å². The molecule has 2 aliphatic heterocycles. The summed E-state index contributed by atoms with van der Waals surface area (Å²) in [6.07, 6.45) is 15.1. The highest BCUT2D eigenvalue weighted by Gasteiger charge is 2.41. The molecule has 166 valence electrons. The first-order valence-electron chi connectivity index (χ1n) is 11.6. The van der Waals surface area contributed by atoms with Gasteiger partial charge in [0.15, 0.2) is 5.65 Å². The molecule has 6 heterocycles. The maximum absolute atomic E-state index is 5.64. The van der Waals surface area contributed by atoms with Crippen molar-refractivity contribution in [1.29, 1.82) is 0 Å². The molecule has 0 amide bonds. The molecule has 1 saturated heterocycles. The number of anilines is 1. The number of fused-ring (bicyclic) bond motifs is 3. The van der Waals surface area contributed by atoms with E-state index in [0.29, 0.717) is 12.0 Å². The number of imidazole rings is 1. The molecule has 7 nitrogen and oxygen atoms in total. The summed E-state index contributed by atoms with van der Waals surface area (Å²) < 4.78 is 7.78. The topological polar surface area (TPSA) is 68.4 Å². The molecule has 0 radical (unpaired) electrons. The van der Waals surface area contributed by atoms with Crippen LogP contribution in [0.2, 0.25) is 0 Å². The summed E-state index contributed by atoms with van der Waals surface area (Å²) in [6, 6.07) is 6.38. The van der Waals surface area contributed by atoms with Gasteiger partial charge >= 0.3 is 0 Å². The Hall–Kier alpha value is -3.13.